The van der Waals surface area contributed by atoms with Crippen LogP contribution >= 0.6 is 27.5 Å². The summed E-state index contributed by atoms with van der Waals surface area (Å²) in [6.07, 6.45) is 0. The molecule has 0 atom stereocenters. The van der Waals surface area contributed by atoms with Crippen LogP contribution in [0.25, 0.3) is 0 Å². The zero-order chi connectivity index (χ0) is 20.4. The molecule has 0 bridgehead atoms. The molecule has 0 spiro atoms. The molecule has 0 unspecified atom stereocenters. The minimum Gasteiger partial charge on any atom is -0.490 e. The summed E-state index contributed by atoms with van der Waals surface area (Å²) in [4.78, 5) is 0. The normalized spacial score (nSPS) is 10.9. The van der Waals surface area contributed by atoms with E-state index < -0.39 is 5.82 Å². The number of hydrogen-bond donors (Lipinski definition) is 3. The zero-order valence-electron chi connectivity index (χ0n) is 15.7. The van der Waals surface area contributed by atoms with Crippen molar-refractivity contribution in [1.82, 2.24) is 10.6 Å². The van der Waals surface area contributed by atoms with Crippen LogP contribution in [-0.2, 0) is 13.2 Å². The van der Waals surface area contributed by atoms with E-state index >= 15 is 0 Å². The van der Waals surface area contributed by atoms with Gasteiger partial charge in [0.2, 0.25) is 0 Å². The van der Waals surface area contributed by atoms with Crippen molar-refractivity contribution >= 4 is 27.5 Å². The van der Waals surface area contributed by atoms with Gasteiger partial charge in [0, 0.05) is 36.2 Å². The smallest absolute Gasteiger partial charge is 0.162 e. The largest absolute Gasteiger partial charge is 0.490 e. The van der Waals surface area contributed by atoms with E-state index in [2.05, 4.69) is 26.6 Å². The molecule has 0 aliphatic rings. The SMILES string of the molecule is CCOc1cc(CNCCNCCO)c(Br)cc1OCc1c(F)cccc1Cl. The van der Waals surface area contributed by atoms with Gasteiger partial charge in [-0.2, -0.15) is 0 Å². The molecule has 8 heteroatoms. The molecule has 5 nitrogen and oxygen atoms in total. The van der Waals surface area contributed by atoms with Crippen LogP contribution in [0.15, 0.2) is 34.8 Å². The van der Waals surface area contributed by atoms with Crippen LogP contribution in [0.5, 0.6) is 11.5 Å². The molecule has 0 aliphatic heterocycles. The molecule has 28 heavy (non-hydrogen) atoms. The molecule has 3 N–H and O–H groups in total. The first kappa shape index (κ1) is 22.9. The topological polar surface area (TPSA) is 62.8 Å². The number of hydrogen-bond acceptors (Lipinski definition) is 5. The zero-order valence-corrected chi connectivity index (χ0v) is 18.1. The number of aliphatic hydroxyl groups excluding tert-OH is 1. The van der Waals surface area contributed by atoms with E-state index in [1.807, 2.05) is 19.1 Å². The van der Waals surface area contributed by atoms with Crippen LogP contribution in [0.2, 0.25) is 5.02 Å². The highest BCUT2D eigenvalue weighted by atomic mass is 79.9. The van der Waals surface area contributed by atoms with Crippen molar-refractivity contribution in [3.63, 3.8) is 0 Å². The standard InChI is InChI=1S/C20H25BrClFN2O3/c1-2-27-19-10-14(12-25-7-6-24-8-9-26)16(21)11-20(19)28-13-15-17(22)4-3-5-18(15)23/h3-5,10-11,24-26H,2,6-9,12-13H2,1H3. The first-order chi connectivity index (χ1) is 13.6. The molecule has 0 saturated carbocycles. The maximum absolute atomic E-state index is 14.0. The highest BCUT2D eigenvalue weighted by molar-refractivity contribution is 9.10. The molecular weight excluding hydrogens is 451 g/mol. The third kappa shape index (κ3) is 6.90. The predicted octanol–water partition coefficient (Wildman–Crippen LogP) is 3.89. The van der Waals surface area contributed by atoms with Gasteiger partial charge >= 0.3 is 0 Å². The molecular formula is C20H25BrClFN2O3. The maximum Gasteiger partial charge on any atom is 0.162 e. The van der Waals surface area contributed by atoms with E-state index in [1.165, 1.54) is 6.07 Å². The molecule has 0 saturated heterocycles. The lowest BCUT2D eigenvalue weighted by Crippen LogP contribution is -2.28. The number of benzene rings is 2. The Morgan fingerprint density at radius 3 is 2.57 bits per heavy atom. The second-order valence-corrected chi connectivity index (χ2v) is 7.22. The van der Waals surface area contributed by atoms with Crippen molar-refractivity contribution in [2.45, 2.75) is 20.1 Å². The van der Waals surface area contributed by atoms with Crippen molar-refractivity contribution in [2.75, 3.05) is 32.8 Å². The summed E-state index contributed by atoms with van der Waals surface area (Å²) < 4.78 is 26.3. The van der Waals surface area contributed by atoms with Crippen LogP contribution < -0.4 is 20.1 Å². The number of halogens is 3. The first-order valence-corrected chi connectivity index (χ1v) is 10.3. The summed E-state index contributed by atoms with van der Waals surface area (Å²) in [5.74, 6) is 0.704. The van der Waals surface area contributed by atoms with Crippen LogP contribution in [-0.4, -0.2) is 38.0 Å². The average Bonchev–Trinajstić information content (AvgIpc) is 2.67. The Kier molecular flexibility index (Phi) is 10.0. The van der Waals surface area contributed by atoms with Crippen molar-refractivity contribution in [2.24, 2.45) is 0 Å². The van der Waals surface area contributed by atoms with Crippen molar-refractivity contribution in [3.8, 4) is 11.5 Å². The Bertz CT molecular complexity index is 744. The van der Waals surface area contributed by atoms with Gasteiger partial charge in [-0.15, -0.1) is 0 Å². The lowest BCUT2D eigenvalue weighted by Gasteiger charge is -2.16. The van der Waals surface area contributed by atoms with Gasteiger partial charge in [-0.1, -0.05) is 33.6 Å². The quantitative estimate of drug-likeness (QED) is 0.407. The molecule has 154 valence electrons. The molecule has 2 aromatic rings. The molecule has 0 radical (unpaired) electrons. The summed E-state index contributed by atoms with van der Waals surface area (Å²) in [5.41, 5.74) is 1.32. The number of rotatable bonds is 12. The van der Waals surface area contributed by atoms with Gasteiger partial charge in [0.05, 0.1) is 18.2 Å². The maximum atomic E-state index is 14.0. The predicted molar refractivity (Wildman–Crippen MR) is 113 cm³/mol. The summed E-state index contributed by atoms with van der Waals surface area (Å²) in [6, 6.07) is 8.27. The fourth-order valence-corrected chi connectivity index (χ4v) is 3.20. The second-order valence-electron chi connectivity index (χ2n) is 5.96. The molecule has 2 aromatic carbocycles. The van der Waals surface area contributed by atoms with Crippen molar-refractivity contribution < 1.29 is 19.0 Å². The van der Waals surface area contributed by atoms with E-state index in [0.717, 1.165) is 23.1 Å². The molecule has 0 aliphatic carbocycles. The van der Waals surface area contributed by atoms with Crippen LogP contribution in [0.4, 0.5) is 4.39 Å². The van der Waals surface area contributed by atoms with Gasteiger partial charge in [0.25, 0.3) is 0 Å². The Hall–Kier alpha value is -1.38. The minimum atomic E-state index is -0.403. The van der Waals surface area contributed by atoms with Crippen LogP contribution in [0.1, 0.15) is 18.1 Å². The highest BCUT2D eigenvalue weighted by Gasteiger charge is 2.13. The lowest BCUT2D eigenvalue weighted by molar-refractivity contribution is 0.265. The third-order valence-electron chi connectivity index (χ3n) is 3.93. The van der Waals surface area contributed by atoms with E-state index in [-0.39, 0.29) is 13.2 Å². The first-order valence-electron chi connectivity index (χ1n) is 9.10. The Labute approximate surface area is 178 Å². The monoisotopic (exact) mass is 474 g/mol. The van der Waals surface area contributed by atoms with Gasteiger partial charge in [-0.25, -0.2) is 4.39 Å². The molecule has 2 rings (SSSR count). The third-order valence-corrected chi connectivity index (χ3v) is 5.02. The van der Waals surface area contributed by atoms with E-state index in [9.17, 15) is 4.39 Å². The Balaban J connectivity index is 2.05. The van der Waals surface area contributed by atoms with Gasteiger partial charge in [-0.05, 0) is 36.8 Å². The molecule has 0 aromatic heterocycles. The lowest BCUT2D eigenvalue weighted by atomic mass is 10.2. The van der Waals surface area contributed by atoms with Gasteiger partial charge in [-0.3, -0.25) is 0 Å². The van der Waals surface area contributed by atoms with Crippen LogP contribution in [0.3, 0.4) is 0 Å². The summed E-state index contributed by atoms with van der Waals surface area (Å²) >= 11 is 9.63. The van der Waals surface area contributed by atoms with Gasteiger partial charge in [0.15, 0.2) is 11.5 Å². The second kappa shape index (κ2) is 12.2. The van der Waals surface area contributed by atoms with E-state index in [1.54, 1.807) is 12.1 Å². The fourth-order valence-electron chi connectivity index (χ4n) is 2.52. The highest BCUT2D eigenvalue weighted by Crippen LogP contribution is 2.35. The van der Waals surface area contributed by atoms with Gasteiger partial charge < -0.3 is 25.2 Å². The van der Waals surface area contributed by atoms with E-state index in [4.69, 9.17) is 26.2 Å². The van der Waals surface area contributed by atoms with Crippen molar-refractivity contribution in [1.29, 1.82) is 0 Å². The molecule has 0 amide bonds. The molecule has 0 fully saturated rings. The Morgan fingerprint density at radius 2 is 1.86 bits per heavy atom. The number of ether oxygens (including phenoxy) is 2. The fraction of sp³-hybridized carbons (Fsp3) is 0.400. The summed E-state index contributed by atoms with van der Waals surface area (Å²) in [6.45, 7) is 5.26. The number of aliphatic hydroxyl groups is 1. The van der Waals surface area contributed by atoms with Crippen molar-refractivity contribution in [3.05, 3.63) is 56.8 Å². The van der Waals surface area contributed by atoms with Gasteiger partial charge in [0.1, 0.15) is 12.4 Å². The number of nitrogens with one attached hydrogen (secondary N) is 2. The Morgan fingerprint density at radius 1 is 1.11 bits per heavy atom. The minimum absolute atomic E-state index is 0.00610. The summed E-state index contributed by atoms with van der Waals surface area (Å²) in [5, 5.41) is 15.5. The summed E-state index contributed by atoms with van der Waals surface area (Å²) in [7, 11) is 0. The van der Waals surface area contributed by atoms with E-state index in [0.29, 0.717) is 41.8 Å². The molecule has 0 heterocycles. The average molecular weight is 476 g/mol. The van der Waals surface area contributed by atoms with Crippen LogP contribution in [0, 0.1) is 5.82 Å².